The molecule has 1 aromatic heterocycles. The number of thiol groups is 1. The molecular formula is C45H70N12O15S2. The molecule has 0 aliphatic rings. The second-order valence-electron chi connectivity index (χ2n) is 17.7. The van der Waals surface area contributed by atoms with Crippen molar-refractivity contribution in [3.63, 3.8) is 0 Å². The Morgan fingerprint density at radius 2 is 1.16 bits per heavy atom. The Kier molecular flexibility index (Phi) is 28.0. The monoisotopic (exact) mass is 1080 g/mol. The maximum Gasteiger partial charge on any atom is 0.326 e. The number of aliphatic hydroxyl groups excluding tert-OH is 3. The van der Waals surface area contributed by atoms with Crippen LogP contribution in [0.5, 0.6) is 5.75 Å². The lowest BCUT2D eigenvalue weighted by Crippen LogP contribution is -2.61. The minimum absolute atomic E-state index is 0.0389. The molecule has 0 aliphatic carbocycles. The molecule has 0 unspecified atom stereocenters. The van der Waals surface area contributed by atoms with Crippen LogP contribution < -0.4 is 53.6 Å². The van der Waals surface area contributed by atoms with E-state index in [0.717, 1.165) is 0 Å². The number of nitrogens with zero attached hydrogens (tertiary/aromatic N) is 1. The van der Waals surface area contributed by atoms with Crippen LogP contribution in [0.1, 0.15) is 51.8 Å². The molecule has 0 saturated heterocycles. The van der Waals surface area contributed by atoms with Crippen molar-refractivity contribution >= 4 is 83.5 Å². The van der Waals surface area contributed by atoms with Gasteiger partial charge in [-0.15, -0.1) is 0 Å². The molecule has 2 aromatic rings. The highest BCUT2D eigenvalue weighted by atomic mass is 32.2. The molecule has 27 nitrogen and oxygen atoms in total. The lowest BCUT2D eigenvalue weighted by atomic mass is 10.0. The summed E-state index contributed by atoms with van der Waals surface area (Å²) in [6.07, 6.45) is 4.24. The van der Waals surface area contributed by atoms with Gasteiger partial charge in [0.1, 0.15) is 60.1 Å². The number of aliphatic hydroxyl groups is 3. The van der Waals surface area contributed by atoms with Crippen LogP contribution in [-0.2, 0) is 60.8 Å². The van der Waals surface area contributed by atoms with Gasteiger partial charge in [0, 0.05) is 30.5 Å². The van der Waals surface area contributed by atoms with E-state index < -0.39 is 146 Å². The van der Waals surface area contributed by atoms with Crippen molar-refractivity contribution in [1.82, 2.24) is 57.8 Å². The highest BCUT2D eigenvalue weighted by Gasteiger charge is 2.35. The maximum atomic E-state index is 13.9. The summed E-state index contributed by atoms with van der Waals surface area (Å²) >= 11 is 5.37. The predicted octanol–water partition coefficient (Wildman–Crippen LogP) is -5.33. The summed E-state index contributed by atoms with van der Waals surface area (Å²) in [5, 5.41) is 70.6. The zero-order chi connectivity index (χ0) is 55.7. The summed E-state index contributed by atoms with van der Waals surface area (Å²) in [6, 6.07) is -7.16. The fraction of sp³-hybridized carbons (Fsp3) is 0.578. The molecule has 412 valence electrons. The van der Waals surface area contributed by atoms with Crippen LogP contribution in [0, 0.1) is 11.8 Å². The Labute approximate surface area is 436 Å². The molecular weight excluding hydrogens is 1010 g/mol. The highest BCUT2D eigenvalue weighted by molar-refractivity contribution is 7.98. The van der Waals surface area contributed by atoms with Gasteiger partial charge in [-0.05, 0) is 54.4 Å². The summed E-state index contributed by atoms with van der Waals surface area (Å²) in [7, 11) is 0. The van der Waals surface area contributed by atoms with Gasteiger partial charge in [0.2, 0.25) is 53.2 Å². The molecule has 0 spiro atoms. The third-order valence-electron chi connectivity index (χ3n) is 10.9. The number of amides is 9. The summed E-state index contributed by atoms with van der Waals surface area (Å²) in [5.41, 5.74) is 6.38. The first-order valence-electron chi connectivity index (χ1n) is 23.3. The number of hydrogen-bond donors (Lipinski definition) is 17. The number of H-pyrrole nitrogens is 1. The van der Waals surface area contributed by atoms with E-state index in [2.05, 4.69) is 70.4 Å². The number of carbonyl (C=O) groups excluding carboxylic acids is 9. The summed E-state index contributed by atoms with van der Waals surface area (Å²) in [6.45, 7) is 3.10. The Morgan fingerprint density at radius 3 is 1.68 bits per heavy atom. The molecule has 9 amide bonds. The molecule has 9 atom stereocenters. The molecule has 29 heteroatoms. The normalized spacial score (nSPS) is 14.8. The summed E-state index contributed by atoms with van der Waals surface area (Å²) in [5.74, 6) is -10.6. The number of aromatic nitrogens is 2. The third-order valence-corrected chi connectivity index (χ3v) is 11.9. The predicted molar refractivity (Wildman–Crippen MR) is 271 cm³/mol. The van der Waals surface area contributed by atoms with Gasteiger partial charge in [0.25, 0.3) is 0 Å². The second kappa shape index (κ2) is 32.6. The van der Waals surface area contributed by atoms with Gasteiger partial charge in [0.15, 0.2) is 0 Å². The number of phenols is 1. The fourth-order valence-corrected chi connectivity index (χ4v) is 7.45. The fourth-order valence-electron chi connectivity index (χ4n) is 6.72. The first-order chi connectivity index (χ1) is 35.0. The van der Waals surface area contributed by atoms with Crippen LogP contribution in [-0.4, -0.2) is 193 Å². The number of aromatic hydroxyl groups is 1. The van der Waals surface area contributed by atoms with E-state index in [1.54, 1.807) is 34.0 Å². The Balaban J connectivity index is 2.19. The van der Waals surface area contributed by atoms with Crippen LogP contribution in [0.25, 0.3) is 0 Å². The second-order valence-corrected chi connectivity index (χ2v) is 19.0. The molecule has 17 N–H and O–H groups in total. The SMILES string of the molecule is CSCC[C@H](NC(=O)[C@H](Cc1ccc(O)cc1)NC(=O)CNC(=O)[C@@H](NC(=O)[C@H](CO)NC(=O)[C@H](CC(C)C)NC(=O)[C@H](CO)NC(=O)[C@H](CS)NC(=O)[C@@H](N)CO)C(C)C)C(=O)N[C@@H](Cc1cnc[nH]1)C(=O)O. The number of aromatic amines is 1. The zero-order valence-corrected chi connectivity index (χ0v) is 43.3. The van der Waals surface area contributed by atoms with Crippen molar-refractivity contribution in [3.8, 4) is 5.75 Å². The van der Waals surface area contributed by atoms with Crippen molar-refractivity contribution in [2.75, 3.05) is 44.1 Å². The van der Waals surface area contributed by atoms with Gasteiger partial charge in [-0.3, -0.25) is 43.2 Å². The van der Waals surface area contributed by atoms with E-state index in [0.29, 0.717) is 17.0 Å². The van der Waals surface area contributed by atoms with Crippen molar-refractivity contribution < 1.29 is 73.5 Å². The topological polar surface area (TPSA) is 435 Å². The zero-order valence-electron chi connectivity index (χ0n) is 41.6. The smallest absolute Gasteiger partial charge is 0.326 e. The molecule has 0 aliphatic heterocycles. The summed E-state index contributed by atoms with van der Waals surface area (Å²) < 4.78 is 0. The van der Waals surface area contributed by atoms with Crippen molar-refractivity contribution in [2.45, 2.75) is 108 Å². The molecule has 0 radical (unpaired) electrons. The average molecular weight is 1080 g/mol. The number of phenolic OH excluding ortho intramolecular Hbond substituents is 1. The Bertz CT molecular complexity index is 2190. The van der Waals surface area contributed by atoms with Crippen molar-refractivity contribution in [2.24, 2.45) is 17.6 Å². The molecule has 0 saturated carbocycles. The number of rotatable bonds is 33. The number of benzene rings is 1. The van der Waals surface area contributed by atoms with Gasteiger partial charge >= 0.3 is 5.97 Å². The lowest BCUT2D eigenvalue weighted by molar-refractivity contribution is -0.142. The molecule has 74 heavy (non-hydrogen) atoms. The standard InChI is InChI=1S/C45H70N12O15S2/c1-22(2)12-29(52-41(67)32(18-59)55-43(69)34(20-73)56-37(63)27(46)17-58)39(65)54-33(19-60)42(68)57-36(23(3)4)44(70)48-16-35(62)50-30(13-24-6-8-26(61)9-7-24)40(66)51-28(10-11-74-5)38(64)53-31(45(71)72)14-25-15-47-21-49-25/h6-9,15,21-23,27-34,36,58-61,73H,10-14,16-20,46H2,1-5H3,(H,47,49)(H,48,70)(H,50,62)(H,51,66)(H,52,67)(H,53,64)(H,54,65)(H,55,69)(H,56,63)(H,57,68)(H,71,72)/t27-,28-,29-,30-,31-,32-,33-,34-,36-/m0/s1. The van der Waals surface area contributed by atoms with Gasteiger partial charge < -0.3 is 84.1 Å². The van der Waals surface area contributed by atoms with Crippen LogP contribution in [0.4, 0.5) is 0 Å². The van der Waals surface area contributed by atoms with Crippen LogP contribution in [0.15, 0.2) is 36.8 Å². The molecule has 0 fully saturated rings. The summed E-state index contributed by atoms with van der Waals surface area (Å²) in [4.78, 5) is 138. The van der Waals surface area contributed by atoms with Crippen molar-refractivity contribution in [1.29, 1.82) is 0 Å². The van der Waals surface area contributed by atoms with E-state index in [1.165, 1.54) is 48.6 Å². The van der Waals surface area contributed by atoms with E-state index in [4.69, 9.17) is 10.8 Å². The molecule has 0 bridgehead atoms. The quantitative estimate of drug-likeness (QED) is 0.0297. The number of imidazole rings is 1. The Morgan fingerprint density at radius 1 is 0.649 bits per heavy atom. The molecule has 1 heterocycles. The van der Waals surface area contributed by atoms with E-state index in [1.807, 2.05) is 0 Å². The first kappa shape index (κ1) is 63.6. The van der Waals surface area contributed by atoms with Gasteiger partial charge in [-0.25, -0.2) is 9.78 Å². The number of nitrogens with two attached hydrogens (primary N) is 1. The van der Waals surface area contributed by atoms with Crippen LogP contribution >= 0.6 is 24.4 Å². The van der Waals surface area contributed by atoms with Crippen LogP contribution in [0.3, 0.4) is 0 Å². The molecule has 1 aromatic carbocycles. The highest BCUT2D eigenvalue weighted by Crippen LogP contribution is 2.13. The minimum Gasteiger partial charge on any atom is -0.508 e. The van der Waals surface area contributed by atoms with E-state index >= 15 is 0 Å². The first-order valence-corrected chi connectivity index (χ1v) is 25.4. The van der Waals surface area contributed by atoms with E-state index in [9.17, 15) is 68.4 Å². The number of hydrogen-bond acceptors (Lipinski definition) is 18. The lowest BCUT2D eigenvalue weighted by Gasteiger charge is -2.27. The number of carboxylic acids is 1. The Hall–Kier alpha value is -6.53. The number of carbonyl (C=O) groups is 10. The number of nitrogens with one attached hydrogen (secondary N) is 10. The molecule has 2 rings (SSSR count). The third kappa shape index (κ3) is 21.9. The van der Waals surface area contributed by atoms with Gasteiger partial charge in [-0.2, -0.15) is 24.4 Å². The van der Waals surface area contributed by atoms with Crippen LogP contribution in [0.2, 0.25) is 0 Å². The average Bonchev–Trinajstić information content (AvgIpc) is 3.88. The van der Waals surface area contributed by atoms with Crippen molar-refractivity contribution in [3.05, 3.63) is 48.0 Å². The van der Waals surface area contributed by atoms with Gasteiger partial charge in [0.05, 0.1) is 32.7 Å². The van der Waals surface area contributed by atoms with Gasteiger partial charge in [-0.1, -0.05) is 39.8 Å². The minimum atomic E-state index is -1.70. The number of aliphatic carboxylic acids is 1. The largest absolute Gasteiger partial charge is 0.508 e. The number of carboxylic acid groups (broad SMARTS) is 1. The number of thioether (sulfide) groups is 1. The maximum absolute atomic E-state index is 13.9. The van der Waals surface area contributed by atoms with E-state index in [-0.39, 0.29) is 43.1 Å².